The van der Waals surface area contributed by atoms with Crippen molar-refractivity contribution in [1.29, 1.82) is 5.26 Å². The van der Waals surface area contributed by atoms with Crippen molar-refractivity contribution in [2.45, 2.75) is 22.0 Å². The van der Waals surface area contributed by atoms with Crippen LogP contribution in [0.4, 0.5) is 0 Å². The fourth-order valence-corrected chi connectivity index (χ4v) is 4.13. The van der Waals surface area contributed by atoms with E-state index >= 15 is 0 Å². The number of carbonyl (C=O) groups excluding carboxylic acids is 1. The van der Waals surface area contributed by atoms with Gasteiger partial charge in [0.1, 0.15) is 6.10 Å². The normalized spacial score (nSPS) is 24.4. The largest absolute Gasteiger partial charge is 0.383 e. The van der Waals surface area contributed by atoms with E-state index in [-0.39, 0.29) is 10.4 Å². The summed E-state index contributed by atoms with van der Waals surface area (Å²) in [5, 5.41) is 18.4. The molecule has 3 nitrogen and oxygen atoms in total. The molecule has 0 aromatic heterocycles. The van der Waals surface area contributed by atoms with E-state index in [2.05, 4.69) is 6.07 Å². The van der Waals surface area contributed by atoms with Gasteiger partial charge in [-0.15, -0.1) is 23.5 Å². The topological polar surface area (TPSA) is 61.1 Å². The number of Topliss-reactive ketones (excluding diaryl/α,β-unsaturated/α-hetero) is 1. The molecule has 1 aliphatic heterocycles. The van der Waals surface area contributed by atoms with Gasteiger partial charge in [0.25, 0.3) is 0 Å². The first kappa shape index (κ1) is 12.5. The molecule has 1 heterocycles. The highest BCUT2D eigenvalue weighted by atomic mass is 32.2. The molecule has 0 bridgehead atoms. The Bertz CT molecular complexity index is 453. The number of benzene rings is 1. The molecule has 1 saturated heterocycles. The molecule has 0 aliphatic carbocycles. The van der Waals surface area contributed by atoms with Gasteiger partial charge in [0, 0.05) is 17.1 Å². The summed E-state index contributed by atoms with van der Waals surface area (Å²) in [5.74, 6) is 0.694. The highest BCUT2D eigenvalue weighted by molar-refractivity contribution is 8.17. The van der Waals surface area contributed by atoms with Gasteiger partial charge >= 0.3 is 0 Å². The van der Waals surface area contributed by atoms with E-state index in [1.807, 2.05) is 12.1 Å². The van der Waals surface area contributed by atoms with Gasteiger partial charge in [-0.05, 0) is 24.3 Å². The highest BCUT2D eigenvalue weighted by Crippen LogP contribution is 2.36. The van der Waals surface area contributed by atoms with Gasteiger partial charge < -0.3 is 5.11 Å². The molecule has 1 aromatic rings. The summed E-state index contributed by atoms with van der Waals surface area (Å²) < 4.78 is -0.135. The minimum Gasteiger partial charge on any atom is -0.383 e. The maximum atomic E-state index is 11.4. The van der Waals surface area contributed by atoms with Crippen molar-refractivity contribution in [3.8, 4) is 6.07 Å². The van der Waals surface area contributed by atoms with E-state index in [1.54, 1.807) is 23.9 Å². The fourth-order valence-electron chi connectivity index (χ4n) is 1.51. The standard InChI is InChI=1S/C12H11NO2S2/c13-7-8-1-3-9(4-2-8)17-12-11(15)10(14)5-6-16-12/h1-4,11-12,15H,5-6H2/t11-,12+/m1/s1. The van der Waals surface area contributed by atoms with Gasteiger partial charge in [0.2, 0.25) is 0 Å². The lowest BCUT2D eigenvalue weighted by Crippen LogP contribution is -2.34. The molecule has 0 amide bonds. The number of rotatable bonds is 2. The van der Waals surface area contributed by atoms with E-state index in [9.17, 15) is 9.90 Å². The second kappa shape index (κ2) is 5.58. The van der Waals surface area contributed by atoms with E-state index in [1.165, 1.54) is 11.8 Å². The van der Waals surface area contributed by atoms with Crippen LogP contribution < -0.4 is 0 Å². The highest BCUT2D eigenvalue weighted by Gasteiger charge is 2.31. The number of aliphatic hydroxyl groups is 1. The lowest BCUT2D eigenvalue weighted by atomic mass is 10.2. The van der Waals surface area contributed by atoms with Gasteiger partial charge in [-0.1, -0.05) is 0 Å². The first-order valence-electron chi connectivity index (χ1n) is 5.20. The summed E-state index contributed by atoms with van der Waals surface area (Å²) in [6.07, 6.45) is -0.426. The van der Waals surface area contributed by atoms with Crippen LogP contribution in [0.3, 0.4) is 0 Å². The Hall–Kier alpha value is -0.960. The lowest BCUT2D eigenvalue weighted by molar-refractivity contribution is -0.126. The molecule has 0 radical (unpaired) electrons. The first-order chi connectivity index (χ1) is 8.20. The molecule has 0 unspecified atom stereocenters. The van der Waals surface area contributed by atoms with Crippen molar-refractivity contribution < 1.29 is 9.90 Å². The molecule has 17 heavy (non-hydrogen) atoms. The molecule has 1 N–H and O–H groups in total. The predicted octanol–water partition coefficient (Wildman–Crippen LogP) is 2.04. The maximum absolute atomic E-state index is 11.4. The molecule has 88 valence electrons. The minimum absolute atomic E-state index is 0.0742. The zero-order chi connectivity index (χ0) is 12.3. The molecular formula is C12H11NO2S2. The van der Waals surface area contributed by atoms with E-state index < -0.39 is 6.10 Å². The number of carbonyl (C=O) groups is 1. The number of nitriles is 1. The van der Waals surface area contributed by atoms with Crippen molar-refractivity contribution in [2.24, 2.45) is 0 Å². The lowest BCUT2D eigenvalue weighted by Gasteiger charge is -2.25. The second-order valence-electron chi connectivity index (χ2n) is 3.65. The van der Waals surface area contributed by atoms with Gasteiger partial charge in [0.05, 0.1) is 16.2 Å². The van der Waals surface area contributed by atoms with Crippen molar-refractivity contribution in [3.05, 3.63) is 29.8 Å². The van der Waals surface area contributed by atoms with Gasteiger partial charge in [-0.25, -0.2) is 0 Å². The van der Waals surface area contributed by atoms with Gasteiger partial charge in [0.15, 0.2) is 5.78 Å². The third kappa shape index (κ3) is 3.03. The molecule has 0 spiro atoms. The summed E-state index contributed by atoms with van der Waals surface area (Å²) in [7, 11) is 0. The first-order valence-corrected chi connectivity index (χ1v) is 7.13. The Balaban J connectivity index is 2.04. The number of hydrogen-bond acceptors (Lipinski definition) is 5. The summed E-state index contributed by atoms with van der Waals surface area (Å²) >= 11 is 3.09. The van der Waals surface area contributed by atoms with Crippen molar-refractivity contribution >= 4 is 29.3 Å². The van der Waals surface area contributed by atoms with Crippen molar-refractivity contribution in [3.63, 3.8) is 0 Å². The molecule has 2 rings (SSSR count). The van der Waals surface area contributed by atoms with Crippen LogP contribution in [-0.2, 0) is 4.79 Å². The number of nitrogens with zero attached hydrogens (tertiary/aromatic N) is 1. The molecule has 1 fully saturated rings. The Labute approximate surface area is 108 Å². The SMILES string of the molecule is N#Cc1ccc(S[C@@H]2SCCC(=O)[C@H]2O)cc1. The van der Waals surface area contributed by atoms with Crippen LogP contribution in [0.15, 0.2) is 29.2 Å². The fraction of sp³-hybridized carbons (Fsp3) is 0.333. The average Bonchev–Trinajstić information content (AvgIpc) is 2.36. The van der Waals surface area contributed by atoms with Gasteiger partial charge in [-0.3, -0.25) is 4.79 Å². The average molecular weight is 265 g/mol. The summed E-state index contributed by atoms with van der Waals surface area (Å²) in [5.41, 5.74) is 0.613. The molecule has 5 heteroatoms. The van der Waals surface area contributed by atoms with E-state index in [4.69, 9.17) is 5.26 Å². The number of thioether (sulfide) groups is 2. The van der Waals surface area contributed by atoms with Crippen LogP contribution in [0.25, 0.3) is 0 Å². The zero-order valence-corrected chi connectivity index (χ0v) is 10.6. The van der Waals surface area contributed by atoms with E-state index in [0.29, 0.717) is 12.0 Å². The van der Waals surface area contributed by atoms with Crippen molar-refractivity contribution in [2.75, 3.05) is 5.75 Å². The Kier molecular flexibility index (Phi) is 4.11. The predicted molar refractivity (Wildman–Crippen MR) is 68.9 cm³/mol. The third-order valence-electron chi connectivity index (χ3n) is 2.45. The Morgan fingerprint density at radius 3 is 2.76 bits per heavy atom. The van der Waals surface area contributed by atoms with Crippen LogP contribution in [0.2, 0.25) is 0 Å². The third-order valence-corrected chi connectivity index (χ3v) is 5.21. The van der Waals surface area contributed by atoms with E-state index in [0.717, 1.165) is 10.6 Å². The van der Waals surface area contributed by atoms with Crippen LogP contribution in [0.5, 0.6) is 0 Å². The van der Waals surface area contributed by atoms with Crippen LogP contribution >= 0.6 is 23.5 Å². The summed E-state index contributed by atoms with van der Waals surface area (Å²) in [6.45, 7) is 0. The van der Waals surface area contributed by atoms with Crippen molar-refractivity contribution in [1.82, 2.24) is 0 Å². The van der Waals surface area contributed by atoms with Crippen LogP contribution in [-0.4, -0.2) is 27.3 Å². The summed E-state index contributed by atoms with van der Waals surface area (Å²) in [6, 6.07) is 9.22. The second-order valence-corrected chi connectivity index (χ2v) is 6.42. The molecular weight excluding hydrogens is 254 g/mol. The molecule has 1 aromatic carbocycles. The quantitative estimate of drug-likeness (QED) is 0.886. The monoisotopic (exact) mass is 265 g/mol. The summed E-state index contributed by atoms with van der Waals surface area (Å²) in [4.78, 5) is 12.3. The van der Waals surface area contributed by atoms with Crippen LogP contribution in [0.1, 0.15) is 12.0 Å². The molecule has 2 atom stereocenters. The maximum Gasteiger partial charge on any atom is 0.164 e. The number of aliphatic hydroxyl groups excluding tert-OH is 1. The number of ketones is 1. The van der Waals surface area contributed by atoms with Gasteiger partial charge in [-0.2, -0.15) is 5.26 Å². The number of hydrogen-bond donors (Lipinski definition) is 1. The Morgan fingerprint density at radius 1 is 1.41 bits per heavy atom. The smallest absolute Gasteiger partial charge is 0.164 e. The molecule has 0 saturated carbocycles. The molecule has 1 aliphatic rings. The minimum atomic E-state index is -0.880. The zero-order valence-electron chi connectivity index (χ0n) is 9.00. The van der Waals surface area contributed by atoms with Crippen LogP contribution in [0, 0.1) is 11.3 Å². The Morgan fingerprint density at radius 2 is 2.12 bits per heavy atom.